The molecule has 2 aromatic rings. The van der Waals surface area contributed by atoms with Crippen molar-refractivity contribution in [2.24, 2.45) is 11.3 Å². The van der Waals surface area contributed by atoms with Gasteiger partial charge in [-0.25, -0.2) is 4.98 Å². The lowest BCUT2D eigenvalue weighted by Crippen LogP contribution is -2.28. The molecule has 0 saturated heterocycles. The van der Waals surface area contributed by atoms with Crippen molar-refractivity contribution in [3.63, 3.8) is 0 Å². The van der Waals surface area contributed by atoms with Crippen molar-refractivity contribution in [3.8, 4) is 0 Å². The fraction of sp³-hybridized carbons (Fsp3) is 0.500. The molecule has 142 valence electrons. The first-order chi connectivity index (χ1) is 12.8. The molecule has 1 aromatic carbocycles. The standard InChI is InChI=1S/C22H26N2O3/c1-22(2)10-18-20(19(26)11-22)24(13-23-18)12-14-3-5-15(6-4-14)21(27)16-7-8-17(25)9-16/h3-6,13,16-17,25H,7-12H2,1-2H3/t16?,17-/m1/s1. The Morgan fingerprint density at radius 2 is 1.96 bits per heavy atom. The van der Waals surface area contributed by atoms with Gasteiger partial charge in [0, 0.05) is 24.4 Å². The summed E-state index contributed by atoms with van der Waals surface area (Å²) in [5.74, 6) is 0.216. The number of hydrogen-bond acceptors (Lipinski definition) is 4. The molecule has 0 amide bonds. The number of imidazole rings is 1. The van der Waals surface area contributed by atoms with Crippen molar-refractivity contribution in [1.82, 2.24) is 9.55 Å². The summed E-state index contributed by atoms with van der Waals surface area (Å²) in [5.41, 5.74) is 3.33. The molecule has 1 N–H and O–H groups in total. The number of benzene rings is 1. The molecule has 0 bridgehead atoms. The van der Waals surface area contributed by atoms with E-state index < -0.39 is 0 Å². The molecule has 1 heterocycles. The van der Waals surface area contributed by atoms with Gasteiger partial charge in [-0.15, -0.1) is 0 Å². The highest BCUT2D eigenvalue weighted by molar-refractivity contribution is 5.98. The van der Waals surface area contributed by atoms with Gasteiger partial charge in [0.15, 0.2) is 11.6 Å². The molecule has 1 unspecified atom stereocenters. The number of ketones is 2. The Morgan fingerprint density at radius 3 is 2.63 bits per heavy atom. The number of hydrogen-bond donors (Lipinski definition) is 1. The van der Waals surface area contributed by atoms with E-state index in [2.05, 4.69) is 18.8 Å². The average Bonchev–Trinajstić information content (AvgIpc) is 3.20. The summed E-state index contributed by atoms with van der Waals surface area (Å²) >= 11 is 0. The number of aliphatic hydroxyl groups is 1. The van der Waals surface area contributed by atoms with Crippen molar-refractivity contribution in [2.45, 2.75) is 58.6 Å². The molecular weight excluding hydrogens is 340 g/mol. The highest BCUT2D eigenvalue weighted by Crippen LogP contribution is 2.34. The number of carbonyl (C=O) groups is 2. The largest absolute Gasteiger partial charge is 0.393 e. The van der Waals surface area contributed by atoms with E-state index in [0.29, 0.717) is 31.4 Å². The predicted molar refractivity (Wildman–Crippen MR) is 102 cm³/mol. The highest BCUT2D eigenvalue weighted by Gasteiger charge is 2.34. The van der Waals surface area contributed by atoms with Crippen LogP contribution in [0.2, 0.25) is 0 Å². The second-order valence-electron chi connectivity index (χ2n) is 8.83. The van der Waals surface area contributed by atoms with Crippen LogP contribution in [0.15, 0.2) is 30.6 Å². The quantitative estimate of drug-likeness (QED) is 0.842. The van der Waals surface area contributed by atoms with E-state index in [0.717, 1.165) is 29.8 Å². The number of aliphatic hydroxyl groups excluding tert-OH is 1. The summed E-state index contributed by atoms with van der Waals surface area (Å²) in [7, 11) is 0. The molecular formula is C22H26N2O3. The summed E-state index contributed by atoms with van der Waals surface area (Å²) in [6.45, 7) is 4.78. The molecule has 0 spiro atoms. The SMILES string of the molecule is CC1(C)CC(=O)c2c(ncn2Cc2ccc(C(=O)C3CC[C@@H](O)C3)cc2)C1. The number of nitrogens with zero attached hydrogens (tertiary/aromatic N) is 2. The molecule has 0 aliphatic heterocycles. The fourth-order valence-corrected chi connectivity index (χ4v) is 4.43. The Hall–Kier alpha value is -2.27. The van der Waals surface area contributed by atoms with Crippen LogP contribution in [0.1, 0.15) is 71.6 Å². The van der Waals surface area contributed by atoms with E-state index in [4.69, 9.17) is 0 Å². The monoisotopic (exact) mass is 366 g/mol. The van der Waals surface area contributed by atoms with Crippen LogP contribution in [0.5, 0.6) is 0 Å². The lowest BCUT2D eigenvalue weighted by Gasteiger charge is -2.28. The van der Waals surface area contributed by atoms with E-state index in [1.165, 1.54) is 0 Å². The fourth-order valence-electron chi connectivity index (χ4n) is 4.43. The van der Waals surface area contributed by atoms with Crippen molar-refractivity contribution in [2.75, 3.05) is 0 Å². The zero-order chi connectivity index (χ0) is 19.2. The van der Waals surface area contributed by atoms with Crippen LogP contribution in [-0.2, 0) is 13.0 Å². The Balaban J connectivity index is 1.49. The summed E-state index contributed by atoms with van der Waals surface area (Å²) < 4.78 is 1.93. The lowest BCUT2D eigenvalue weighted by molar-refractivity contribution is 0.0896. The third-order valence-corrected chi connectivity index (χ3v) is 5.83. The maximum atomic E-state index is 12.6. The van der Waals surface area contributed by atoms with Crippen LogP contribution in [0.4, 0.5) is 0 Å². The molecule has 2 aliphatic rings. The zero-order valence-electron chi connectivity index (χ0n) is 15.9. The lowest BCUT2D eigenvalue weighted by atomic mass is 9.77. The van der Waals surface area contributed by atoms with Gasteiger partial charge in [-0.05, 0) is 36.7 Å². The van der Waals surface area contributed by atoms with Gasteiger partial charge in [-0.3, -0.25) is 9.59 Å². The maximum absolute atomic E-state index is 12.6. The normalized spacial score (nSPS) is 24.0. The first-order valence-electron chi connectivity index (χ1n) is 9.71. The summed E-state index contributed by atoms with van der Waals surface area (Å²) in [6, 6.07) is 7.61. The highest BCUT2D eigenvalue weighted by atomic mass is 16.3. The van der Waals surface area contributed by atoms with Crippen LogP contribution in [0.3, 0.4) is 0 Å². The van der Waals surface area contributed by atoms with Crippen molar-refractivity contribution < 1.29 is 14.7 Å². The number of carbonyl (C=O) groups excluding carboxylic acids is 2. The van der Waals surface area contributed by atoms with Crippen LogP contribution >= 0.6 is 0 Å². The number of Topliss-reactive ketones (excluding diaryl/α,β-unsaturated/α-hetero) is 2. The van der Waals surface area contributed by atoms with Gasteiger partial charge < -0.3 is 9.67 Å². The third-order valence-electron chi connectivity index (χ3n) is 5.83. The van der Waals surface area contributed by atoms with Gasteiger partial charge in [0.2, 0.25) is 0 Å². The van der Waals surface area contributed by atoms with E-state index >= 15 is 0 Å². The number of fused-ring (bicyclic) bond motifs is 1. The summed E-state index contributed by atoms with van der Waals surface area (Å²) in [6.07, 6.45) is 4.83. The van der Waals surface area contributed by atoms with Crippen LogP contribution in [0.25, 0.3) is 0 Å². The number of rotatable bonds is 4. The Bertz CT molecular complexity index is 879. The molecule has 5 heteroatoms. The van der Waals surface area contributed by atoms with E-state index in [9.17, 15) is 14.7 Å². The van der Waals surface area contributed by atoms with Gasteiger partial charge in [-0.2, -0.15) is 0 Å². The molecule has 4 rings (SSSR count). The van der Waals surface area contributed by atoms with E-state index in [1.807, 2.05) is 28.8 Å². The Labute approximate surface area is 159 Å². The average molecular weight is 366 g/mol. The van der Waals surface area contributed by atoms with Crippen molar-refractivity contribution >= 4 is 11.6 Å². The Kier molecular flexibility index (Phi) is 4.50. The minimum Gasteiger partial charge on any atom is -0.393 e. The first kappa shape index (κ1) is 18.1. The van der Waals surface area contributed by atoms with Crippen LogP contribution < -0.4 is 0 Å². The third kappa shape index (κ3) is 3.61. The zero-order valence-corrected chi connectivity index (χ0v) is 15.9. The van der Waals surface area contributed by atoms with Gasteiger partial charge >= 0.3 is 0 Å². The first-order valence-corrected chi connectivity index (χ1v) is 9.71. The summed E-state index contributed by atoms with van der Waals surface area (Å²) in [4.78, 5) is 29.6. The molecule has 2 aliphatic carbocycles. The van der Waals surface area contributed by atoms with Crippen molar-refractivity contribution in [3.05, 3.63) is 53.1 Å². The van der Waals surface area contributed by atoms with Crippen LogP contribution in [-0.4, -0.2) is 32.3 Å². The van der Waals surface area contributed by atoms with Gasteiger partial charge in [-0.1, -0.05) is 38.1 Å². The number of aromatic nitrogens is 2. The molecule has 1 aromatic heterocycles. The van der Waals surface area contributed by atoms with Crippen molar-refractivity contribution in [1.29, 1.82) is 0 Å². The second-order valence-corrected chi connectivity index (χ2v) is 8.83. The molecule has 1 fully saturated rings. The maximum Gasteiger partial charge on any atom is 0.181 e. The molecule has 1 saturated carbocycles. The summed E-state index contributed by atoms with van der Waals surface area (Å²) in [5, 5.41) is 9.65. The van der Waals surface area contributed by atoms with Gasteiger partial charge in [0.05, 0.1) is 18.1 Å². The topological polar surface area (TPSA) is 72.2 Å². The predicted octanol–water partition coefficient (Wildman–Crippen LogP) is 3.43. The molecule has 27 heavy (non-hydrogen) atoms. The second kappa shape index (κ2) is 6.71. The van der Waals surface area contributed by atoms with Gasteiger partial charge in [0.1, 0.15) is 5.69 Å². The minimum atomic E-state index is -0.340. The minimum absolute atomic E-state index is 0.0287. The molecule has 0 radical (unpaired) electrons. The molecule has 5 nitrogen and oxygen atoms in total. The molecule has 2 atom stereocenters. The van der Waals surface area contributed by atoms with E-state index in [1.54, 1.807) is 6.33 Å². The van der Waals surface area contributed by atoms with Crippen LogP contribution in [0, 0.1) is 11.3 Å². The van der Waals surface area contributed by atoms with Gasteiger partial charge in [0.25, 0.3) is 0 Å². The smallest absolute Gasteiger partial charge is 0.181 e. The van der Waals surface area contributed by atoms with E-state index in [-0.39, 0.29) is 29.0 Å². The Morgan fingerprint density at radius 1 is 1.22 bits per heavy atom.